The van der Waals surface area contributed by atoms with Crippen LogP contribution < -0.4 is 0 Å². The fourth-order valence-corrected chi connectivity index (χ4v) is 5.55. The Hall–Kier alpha value is -3.74. The maximum atomic E-state index is 13.3. The Morgan fingerprint density at radius 2 is 1.86 bits per heavy atom. The predicted molar refractivity (Wildman–Crippen MR) is 132 cm³/mol. The highest BCUT2D eigenvalue weighted by molar-refractivity contribution is 7.89. The number of aromatic nitrogens is 2. The van der Waals surface area contributed by atoms with Gasteiger partial charge in [-0.05, 0) is 50.1 Å². The first-order chi connectivity index (χ1) is 16.9. The number of benzene rings is 2. The molecule has 0 aliphatic carbocycles. The molecule has 35 heavy (non-hydrogen) atoms. The van der Waals surface area contributed by atoms with Crippen LogP contribution in [-0.2, 0) is 19.6 Å². The lowest BCUT2D eigenvalue weighted by Gasteiger charge is -2.26. The zero-order valence-corrected chi connectivity index (χ0v) is 20.2. The van der Waals surface area contributed by atoms with Gasteiger partial charge >= 0.3 is 5.97 Å². The minimum absolute atomic E-state index is 0.143. The Kier molecular flexibility index (Phi) is 7.44. The van der Waals surface area contributed by atoms with Crippen LogP contribution in [0.2, 0.25) is 0 Å². The number of nitrogens with zero attached hydrogens (tertiary/aromatic N) is 4. The van der Waals surface area contributed by atoms with E-state index in [0.717, 1.165) is 24.9 Å². The van der Waals surface area contributed by atoms with Crippen LogP contribution in [0.5, 0.6) is 0 Å². The number of para-hydroxylation sites is 1. The van der Waals surface area contributed by atoms with E-state index in [-0.39, 0.29) is 17.1 Å². The zero-order valence-electron chi connectivity index (χ0n) is 19.4. The van der Waals surface area contributed by atoms with E-state index in [2.05, 4.69) is 5.10 Å². The van der Waals surface area contributed by atoms with Gasteiger partial charge in [0.1, 0.15) is 17.3 Å². The molecule has 0 spiro atoms. The highest BCUT2D eigenvalue weighted by Crippen LogP contribution is 2.29. The second kappa shape index (κ2) is 10.7. The maximum absolute atomic E-state index is 13.3. The van der Waals surface area contributed by atoms with Crippen molar-refractivity contribution in [2.24, 2.45) is 0 Å². The summed E-state index contributed by atoms with van der Waals surface area (Å²) in [7, 11) is -3.64. The Morgan fingerprint density at radius 3 is 2.54 bits per heavy atom. The molecule has 0 bridgehead atoms. The molecule has 0 unspecified atom stereocenters. The van der Waals surface area contributed by atoms with Gasteiger partial charge in [-0.3, -0.25) is 0 Å². The molecule has 0 radical (unpaired) electrons. The smallest absolute Gasteiger partial charge is 0.348 e. The molecule has 0 N–H and O–H groups in total. The molecule has 1 aliphatic rings. The van der Waals surface area contributed by atoms with Crippen molar-refractivity contribution in [1.29, 1.82) is 5.26 Å². The Morgan fingerprint density at radius 1 is 1.11 bits per heavy atom. The van der Waals surface area contributed by atoms with Crippen molar-refractivity contribution in [2.75, 3.05) is 19.7 Å². The van der Waals surface area contributed by atoms with Gasteiger partial charge < -0.3 is 4.74 Å². The Balaban J connectivity index is 1.82. The van der Waals surface area contributed by atoms with Crippen LogP contribution in [0.4, 0.5) is 0 Å². The van der Waals surface area contributed by atoms with E-state index in [1.54, 1.807) is 42.1 Å². The van der Waals surface area contributed by atoms with Crippen molar-refractivity contribution in [3.05, 3.63) is 71.9 Å². The fraction of sp³-hybridized carbons (Fsp3) is 0.269. The summed E-state index contributed by atoms with van der Waals surface area (Å²) in [4.78, 5) is 12.4. The van der Waals surface area contributed by atoms with Gasteiger partial charge in [0.25, 0.3) is 0 Å². The van der Waals surface area contributed by atoms with Crippen LogP contribution in [0.15, 0.2) is 71.3 Å². The number of esters is 1. The molecule has 1 aliphatic heterocycles. The lowest BCUT2D eigenvalue weighted by molar-refractivity contribution is -0.137. The molecule has 1 saturated heterocycles. The van der Waals surface area contributed by atoms with Crippen LogP contribution in [0, 0.1) is 11.3 Å². The number of carbonyl (C=O) groups excluding carboxylic acids is 1. The average Bonchev–Trinajstić information content (AvgIpc) is 3.32. The standard InChI is InChI=1S/C26H26N4O4S/c1-2-34-26(31)21(18-27)16-22-19-30(23-11-5-3-6-12-23)28-25(22)20-10-9-13-24(17-20)35(32,33)29-14-7-4-8-15-29/h3,5-6,9-13,16-17,19H,2,4,7-8,14-15H2,1H3/b21-16-. The summed E-state index contributed by atoms with van der Waals surface area (Å²) in [6, 6.07) is 17.9. The van der Waals surface area contributed by atoms with Crippen molar-refractivity contribution >= 4 is 22.1 Å². The lowest BCUT2D eigenvalue weighted by Crippen LogP contribution is -2.35. The van der Waals surface area contributed by atoms with Crippen molar-refractivity contribution in [3.63, 3.8) is 0 Å². The number of rotatable bonds is 7. The quantitative estimate of drug-likeness (QED) is 0.279. The van der Waals surface area contributed by atoms with Crippen LogP contribution in [0.3, 0.4) is 0 Å². The van der Waals surface area contributed by atoms with E-state index in [4.69, 9.17) is 4.74 Å². The monoisotopic (exact) mass is 490 g/mol. The minimum Gasteiger partial charge on any atom is -0.462 e. The molecule has 4 rings (SSSR count). The Labute approximate surface area is 205 Å². The molecule has 2 aromatic carbocycles. The van der Waals surface area contributed by atoms with Crippen molar-refractivity contribution in [3.8, 4) is 23.0 Å². The van der Waals surface area contributed by atoms with Crippen LogP contribution in [-0.4, -0.2) is 48.2 Å². The summed E-state index contributed by atoms with van der Waals surface area (Å²) in [5.74, 6) is -0.727. The summed E-state index contributed by atoms with van der Waals surface area (Å²) >= 11 is 0. The SMILES string of the molecule is CCOC(=O)/C(C#N)=C\c1cn(-c2ccccc2)nc1-c1cccc(S(=O)(=O)N2CCCCC2)c1. The first-order valence-electron chi connectivity index (χ1n) is 11.5. The third kappa shape index (κ3) is 5.34. The van der Waals surface area contributed by atoms with Crippen LogP contribution in [0.25, 0.3) is 23.0 Å². The lowest BCUT2D eigenvalue weighted by atomic mass is 10.1. The highest BCUT2D eigenvalue weighted by atomic mass is 32.2. The number of sulfonamides is 1. The molecule has 0 amide bonds. The van der Waals surface area contributed by atoms with Crippen molar-refractivity contribution in [2.45, 2.75) is 31.1 Å². The normalized spacial score (nSPS) is 14.9. The molecule has 0 saturated carbocycles. The Bertz CT molecular complexity index is 1380. The second-order valence-electron chi connectivity index (χ2n) is 8.10. The molecular weight excluding hydrogens is 464 g/mol. The van der Waals surface area contributed by atoms with E-state index in [0.29, 0.717) is 29.9 Å². The van der Waals surface area contributed by atoms with Crippen molar-refractivity contribution < 1.29 is 17.9 Å². The van der Waals surface area contributed by atoms with Gasteiger partial charge in [-0.25, -0.2) is 17.9 Å². The molecule has 0 atom stereocenters. The largest absolute Gasteiger partial charge is 0.462 e. The van der Waals surface area contributed by atoms with E-state index < -0.39 is 16.0 Å². The number of carbonyl (C=O) groups is 1. The van der Waals surface area contributed by atoms with Gasteiger partial charge in [0.15, 0.2) is 0 Å². The number of piperidine rings is 1. The predicted octanol–water partition coefficient (Wildman–Crippen LogP) is 4.18. The summed E-state index contributed by atoms with van der Waals surface area (Å²) in [5.41, 5.74) is 2.11. The molecule has 2 heterocycles. The van der Waals surface area contributed by atoms with Gasteiger partial charge in [-0.1, -0.05) is 36.8 Å². The zero-order chi connectivity index (χ0) is 24.8. The van der Waals surface area contributed by atoms with E-state index in [1.807, 2.05) is 36.4 Å². The minimum atomic E-state index is -3.64. The summed E-state index contributed by atoms with van der Waals surface area (Å²) in [6.45, 7) is 2.83. The highest BCUT2D eigenvalue weighted by Gasteiger charge is 2.26. The van der Waals surface area contributed by atoms with E-state index in [9.17, 15) is 18.5 Å². The molecule has 3 aromatic rings. The van der Waals surface area contributed by atoms with Gasteiger partial charge in [-0.2, -0.15) is 14.7 Å². The molecule has 9 heteroatoms. The first kappa shape index (κ1) is 24.4. The number of hydrogen-bond donors (Lipinski definition) is 0. The average molecular weight is 491 g/mol. The third-order valence-corrected chi connectivity index (χ3v) is 7.63. The third-order valence-electron chi connectivity index (χ3n) is 5.74. The van der Waals surface area contributed by atoms with Crippen LogP contribution >= 0.6 is 0 Å². The second-order valence-corrected chi connectivity index (χ2v) is 10.0. The summed E-state index contributed by atoms with van der Waals surface area (Å²) in [6.07, 6.45) is 5.85. The fourth-order valence-electron chi connectivity index (χ4n) is 3.99. The van der Waals surface area contributed by atoms with E-state index in [1.165, 1.54) is 10.4 Å². The topological polar surface area (TPSA) is 105 Å². The van der Waals surface area contributed by atoms with Gasteiger partial charge in [0, 0.05) is 30.4 Å². The molecule has 8 nitrogen and oxygen atoms in total. The number of hydrogen-bond acceptors (Lipinski definition) is 6. The summed E-state index contributed by atoms with van der Waals surface area (Å²) in [5, 5.41) is 14.2. The number of nitriles is 1. The summed E-state index contributed by atoms with van der Waals surface area (Å²) < 4.78 is 34.7. The van der Waals surface area contributed by atoms with Crippen LogP contribution in [0.1, 0.15) is 31.7 Å². The van der Waals surface area contributed by atoms with Crippen molar-refractivity contribution in [1.82, 2.24) is 14.1 Å². The molecule has 1 aromatic heterocycles. The molecular formula is C26H26N4O4S. The van der Waals surface area contributed by atoms with Gasteiger partial charge in [0.2, 0.25) is 10.0 Å². The van der Waals surface area contributed by atoms with Gasteiger partial charge in [-0.15, -0.1) is 0 Å². The number of ether oxygens (including phenoxy) is 1. The first-order valence-corrected chi connectivity index (χ1v) is 12.9. The van der Waals surface area contributed by atoms with Gasteiger partial charge in [0.05, 0.1) is 17.2 Å². The molecule has 1 fully saturated rings. The molecule has 180 valence electrons. The maximum Gasteiger partial charge on any atom is 0.348 e. The van der Waals surface area contributed by atoms with E-state index >= 15 is 0 Å².